The molecule has 1 atom stereocenters. The fourth-order valence-electron chi connectivity index (χ4n) is 2.41. The summed E-state index contributed by atoms with van der Waals surface area (Å²) in [5.74, 6) is 0.472. The Balaban J connectivity index is 2.39. The van der Waals surface area contributed by atoms with Crippen LogP contribution < -0.4 is 0 Å². The second-order valence-electron chi connectivity index (χ2n) is 4.26. The zero-order valence-electron chi connectivity index (χ0n) is 7.93. The average Bonchev–Trinajstić information content (AvgIpc) is 2.07. The SMILES string of the molecule is CC12CC(=O)CC=C1CCCC2=O. The lowest BCUT2D eigenvalue weighted by Gasteiger charge is -2.37. The van der Waals surface area contributed by atoms with Crippen molar-refractivity contribution < 1.29 is 9.59 Å². The van der Waals surface area contributed by atoms with Gasteiger partial charge in [-0.3, -0.25) is 9.59 Å². The Bertz CT molecular complexity index is 301. The van der Waals surface area contributed by atoms with Crippen LogP contribution in [-0.4, -0.2) is 11.6 Å². The normalized spacial score (nSPS) is 34.1. The highest BCUT2D eigenvalue weighted by Gasteiger charge is 2.42. The Morgan fingerprint density at radius 2 is 2.08 bits per heavy atom. The van der Waals surface area contributed by atoms with Crippen LogP contribution in [0.25, 0.3) is 0 Å². The van der Waals surface area contributed by atoms with Gasteiger partial charge in [0.25, 0.3) is 0 Å². The Hall–Kier alpha value is -0.920. The van der Waals surface area contributed by atoms with E-state index in [1.54, 1.807) is 0 Å². The van der Waals surface area contributed by atoms with Crippen LogP contribution in [0.2, 0.25) is 0 Å². The molecular weight excluding hydrogens is 164 g/mol. The summed E-state index contributed by atoms with van der Waals surface area (Å²) in [4.78, 5) is 23.0. The van der Waals surface area contributed by atoms with E-state index in [2.05, 4.69) is 0 Å². The fourth-order valence-corrected chi connectivity index (χ4v) is 2.41. The monoisotopic (exact) mass is 178 g/mol. The minimum Gasteiger partial charge on any atom is -0.299 e. The van der Waals surface area contributed by atoms with Gasteiger partial charge in [-0.2, -0.15) is 0 Å². The predicted octanol–water partition coefficient (Wildman–Crippen LogP) is 2.04. The zero-order chi connectivity index (χ0) is 9.47. The minimum atomic E-state index is -0.423. The first kappa shape index (κ1) is 8.67. The van der Waals surface area contributed by atoms with Gasteiger partial charge in [-0.1, -0.05) is 11.6 Å². The van der Waals surface area contributed by atoms with E-state index in [1.165, 1.54) is 5.57 Å². The van der Waals surface area contributed by atoms with Crippen molar-refractivity contribution in [1.29, 1.82) is 0 Å². The average molecular weight is 178 g/mol. The van der Waals surface area contributed by atoms with Crippen molar-refractivity contribution >= 4 is 11.6 Å². The van der Waals surface area contributed by atoms with Crippen LogP contribution in [0.3, 0.4) is 0 Å². The van der Waals surface area contributed by atoms with Gasteiger partial charge in [-0.25, -0.2) is 0 Å². The molecule has 0 amide bonds. The van der Waals surface area contributed by atoms with E-state index in [0.29, 0.717) is 19.3 Å². The number of Topliss-reactive ketones (excluding diaryl/α,β-unsaturated/α-hetero) is 2. The molecule has 0 N–H and O–H groups in total. The van der Waals surface area contributed by atoms with Gasteiger partial charge in [-0.05, 0) is 19.8 Å². The van der Waals surface area contributed by atoms with Crippen molar-refractivity contribution in [2.75, 3.05) is 0 Å². The number of rotatable bonds is 0. The van der Waals surface area contributed by atoms with Crippen molar-refractivity contribution in [1.82, 2.24) is 0 Å². The Morgan fingerprint density at radius 3 is 2.85 bits per heavy atom. The summed E-state index contributed by atoms with van der Waals surface area (Å²) in [6.07, 6.45) is 5.59. The molecular formula is C11H14O2. The van der Waals surface area contributed by atoms with Crippen LogP contribution in [0.5, 0.6) is 0 Å². The standard InChI is InChI=1S/C11H14O2/c1-11-7-9(12)6-5-8(11)3-2-4-10(11)13/h5H,2-4,6-7H2,1H3. The van der Waals surface area contributed by atoms with Gasteiger partial charge in [0.05, 0.1) is 5.41 Å². The van der Waals surface area contributed by atoms with E-state index in [1.807, 2.05) is 13.0 Å². The van der Waals surface area contributed by atoms with E-state index in [9.17, 15) is 9.59 Å². The molecule has 2 nitrogen and oxygen atoms in total. The lowest BCUT2D eigenvalue weighted by molar-refractivity contribution is -0.133. The number of carbonyl (C=O) groups is 2. The highest BCUT2D eigenvalue weighted by molar-refractivity contribution is 5.96. The highest BCUT2D eigenvalue weighted by atomic mass is 16.1. The molecule has 0 spiro atoms. The maximum atomic E-state index is 11.7. The van der Waals surface area contributed by atoms with Gasteiger partial charge in [-0.15, -0.1) is 0 Å². The molecule has 0 aromatic carbocycles. The maximum absolute atomic E-state index is 11.7. The van der Waals surface area contributed by atoms with Crippen LogP contribution >= 0.6 is 0 Å². The Kier molecular flexibility index (Phi) is 1.86. The summed E-state index contributed by atoms with van der Waals surface area (Å²) in [7, 11) is 0. The van der Waals surface area contributed by atoms with E-state index in [-0.39, 0.29) is 11.6 Å². The van der Waals surface area contributed by atoms with E-state index in [0.717, 1.165) is 12.8 Å². The second kappa shape index (κ2) is 2.79. The summed E-state index contributed by atoms with van der Waals surface area (Å²) in [6, 6.07) is 0. The first-order valence-corrected chi connectivity index (χ1v) is 4.87. The molecule has 1 saturated carbocycles. The summed E-state index contributed by atoms with van der Waals surface area (Å²) in [5.41, 5.74) is 0.788. The van der Waals surface area contributed by atoms with Crippen molar-refractivity contribution in [2.24, 2.45) is 5.41 Å². The third kappa shape index (κ3) is 1.25. The number of hydrogen-bond acceptors (Lipinski definition) is 2. The van der Waals surface area contributed by atoms with Crippen LogP contribution in [0.1, 0.15) is 39.0 Å². The maximum Gasteiger partial charge on any atom is 0.143 e. The van der Waals surface area contributed by atoms with Crippen LogP contribution in [0.15, 0.2) is 11.6 Å². The molecule has 0 radical (unpaired) electrons. The number of ketones is 2. The van der Waals surface area contributed by atoms with Crippen molar-refractivity contribution in [2.45, 2.75) is 39.0 Å². The van der Waals surface area contributed by atoms with Gasteiger partial charge < -0.3 is 0 Å². The van der Waals surface area contributed by atoms with E-state index >= 15 is 0 Å². The number of hydrogen-bond donors (Lipinski definition) is 0. The number of carbonyl (C=O) groups excluding carboxylic acids is 2. The molecule has 1 unspecified atom stereocenters. The topological polar surface area (TPSA) is 34.1 Å². The molecule has 2 rings (SSSR count). The van der Waals surface area contributed by atoms with Gasteiger partial charge in [0.15, 0.2) is 0 Å². The summed E-state index contributed by atoms with van der Waals surface area (Å²) < 4.78 is 0. The van der Waals surface area contributed by atoms with Gasteiger partial charge in [0, 0.05) is 19.3 Å². The molecule has 0 bridgehead atoms. The van der Waals surface area contributed by atoms with Gasteiger partial charge in [0.1, 0.15) is 11.6 Å². The highest BCUT2D eigenvalue weighted by Crippen LogP contribution is 2.43. The van der Waals surface area contributed by atoms with Crippen molar-refractivity contribution in [3.05, 3.63) is 11.6 Å². The van der Waals surface area contributed by atoms with Gasteiger partial charge in [0.2, 0.25) is 0 Å². The van der Waals surface area contributed by atoms with E-state index < -0.39 is 5.41 Å². The molecule has 13 heavy (non-hydrogen) atoms. The molecule has 2 aliphatic carbocycles. The lowest BCUT2D eigenvalue weighted by atomic mass is 9.65. The van der Waals surface area contributed by atoms with Crippen molar-refractivity contribution in [3.8, 4) is 0 Å². The largest absolute Gasteiger partial charge is 0.299 e. The van der Waals surface area contributed by atoms with E-state index in [4.69, 9.17) is 0 Å². The number of fused-ring (bicyclic) bond motifs is 1. The first-order chi connectivity index (χ1) is 6.13. The molecule has 2 aliphatic rings. The zero-order valence-corrected chi connectivity index (χ0v) is 7.93. The van der Waals surface area contributed by atoms with Crippen LogP contribution in [-0.2, 0) is 9.59 Å². The molecule has 0 aliphatic heterocycles. The van der Waals surface area contributed by atoms with Gasteiger partial charge >= 0.3 is 0 Å². The summed E-state index contributed by atoms with van der Waals surface area (Å²) in [6.45, 7) is 1.93. The summed E-state index contributed by atoms with van der Waals surface area (Å²) >= 11 is 0. The Morgan fingerprint density at radius 1 is 1.31 bits per heavy atom. The quantitative estimate of drug-likeness (QED) is 0.532. The molecule has 70 valence electrons. The van der Waals surface area contributed by atoms with Crippen molar-refractivity contribution in [3.63, 3.8) is 0 Å². The molecule has 0 saturated heterocycles. The molecule has 0 heterocycles. The minimum absolute atomic E-state index is 0.210. The van der Waals surface area contributed by atoms with Crippen LogP contribution in [0.4, 0.5) is 0 Å². The van der Waals surface area contributed by atoms with Crippen LogP contribution in [0, 0.1) is 5.41 Å². The predicted molar refractivity (Wildman–Crippen MR) is 49.3 cm³/mol. The molecule has 0 aromatic heterocycles. The summed E-state index contributed by atoms with van der Waals surface area (Å²) in [5, 5.41) is 0. The Labute approximate surface area is 78.0 Å². The fraction of sp³-hybridized carbons (Fsp3) is 0.636. The third-order valence-corrected chi connectivity index (χ3v) is 3.30. The lowest BCUT2D eigenvalue weighted by Crippen LogP contribution is -2.37. The molecule has 1 fully saturated rings. The molecule has 0 aromatic rings. The smallest absolute Gasteiger partial charge is 0.143 e. The first-order valence-electron chi connectivity index (χ1n) is 4.87. The third-order valence-electron chi connectivity index (χ3n) is 3.30. The second-order valence-corrected chi connectivity index (χ2v) is 4.26. The number of allylic oxidation sites excluding steroid dienone is 2. The molecule has 2 heteroatoms.